The van der Waals surface area contributed by atoms with Crippen molar-refractivity contribution in [3.63, 3.8) is 0 Å². The fourth-order valence-corrected chi connectivity index (χ4v) is 4.51. The van der Waals surface area contributed by atoms with Gasteiger partial charge in [-0.1, -0.05) is 24.3 Å². The molecule has 1 fully saturated rings. The molecule has 0 atom stereocenters. The van der Waals surface area contributed by atoms with E-state index in [0.717, 1.165) is 43.1 Å². The lowest BCUT2D eigenvalue weighted by molar-refractivity contribution is -0.143. The summed E-state index contributed by atoms with van der Waals surface area (Å²) in [6.07, 6.45) is -8.61. The number of likely N-dealkylation sites (N-methyl/N-ethyl adjacent to an activating group) is 1. The van der Waals surface area contributed by atoms with Crippen LogP contribution < -0.4 is 10.2 Å². The first-order chi connectivity index (χ1) is 18.3. The van der Waals surface area contributed by atoms with Gasteiger partial charge in [0.25, 0.3) is 5.91 Å². The Bertz CT molecular complexity index is 1300. The molecule has 1 N–H and O–H groups in total. The van der Waals surface area contributed by atoms with Crippen LogP contribution in [0.2, 0.25) is 0 Å². The number of nitrogens with one attached hydrogen (secondary N) is 1. The van der Waals surface area contributed by atoms with E-state index < -0.39 is 29.4 Å². The summed E-state index contributed by atoms with van der Waals surface area (Å²) in [4.78, 5) is 22.0. The van der Waals surface area contributed by atoms with E-state index in [4.69, 9.17) is 0 Å². The summed E-state index contributed by atoms with van der Waals surface area (Å²) < 4.78 is 79.1. The van der Waals surface area contributed by atoms with E-state index in [1.165, 1.54) is 6.20 Å². The summed E-state index contributed by atoms with van der Waals surface area (Å²) >= 11 is 0. The number of amides is 1. The van der Waals surface area contributed by atoms with Gasteiger partial charge < -0.3 is 15.1 Å². The molecule has 1 aromatic heterocycles. The molecule has 4 rings (SSSR count). The summed E-state index contributed by atoms with van der Waals surface area (Å²) in [5, 5.41) is 2.64. The summed E-state index contributed by atoms with van der Waals surface area (Å²) in [6, 6.07) is 10.8. The minimum atomic E-state index is -4.93. The Kier molecular flexibility index (Phi) is 8.20. The van der Waals surface area contributed by atoms with Crippen LogP contribution in [0.4, 0.5) is 32.2 Å². The molecular formula is C28H28F6N4O. The van der Waals surface area contributed by atoms with Crippen molar-refractivity contribution < 1.29 is 31.1 Å². The van der Waals surface area contributed by atoms with Gasteiger partial charge in [-0.05, 0) is 66.9 Å². The first-order valence-electron chi connectivity index (χ1n) is 12.4. The minimum absolute atomic E-state index is 0.0874. The molecular weight excluding hydrogens is 522 g/mol. The van der Waals surface area contributed by atoms with Gasteiger partial charge in [0.05, 0.1) is 16.7 Å². The highest BCUT2D eigenvalue weighted by Gasteiger charge is 2.36. The Hall–Kier alpha value is -3.60. The predicted molar refractivity (Wildman–Crippen MR) is 137 cm³/mol. The van der Waals surface area contributed by atoms with Crippen LogP contribution in [0, 0.1) is 6.92 Å². The van der Waals surface area contributed by atoms with E-state index >= 15 is 0 Å². The molecule has 0 saturated carbocycles. The molecule has 0 radical (unpaired) electrons. The van der Waals surface area contributed by atoms with Crippen LogP contribution in [0.1, 0.15) is 32.6 Å². The van der Waals surface area contributed by atoms with Crippen LogP contribution in [0.5, 0.6) is 0 Å². The molecule has 1 amide bonds. The second kappa shape index (κ2) is 11.3. The van der Waals surface area contributed by atoms with Gasteiger partial charge in [-0.2, -0.15) is 26.3 Å². The molecule has 0 unspecified atom stereocenters. The molecule has 5 nitrogen and oxygen atoms in total. The average molecular weight is 551 g/mol. The Morgan fingerprint density at radius 2 is 1.51 bits per heavy atom. The number of carbonyl (C=O) groups excluding carboxylic acids is 1. The van der Waals surface area contributed by atoms with E-state index in [9.17, 15) is 31.1 Å². The number of nitrogens with zero attached hydrogens (tertiary/aromatic N) is 3. The third-order valence-electron chi connectivity index (χ3n) is 6.74. The van der Waals surface area contributed by atoms with Gasteiger partial charge in [0.2, 0.25) is 0 Å². The number of alkyl halides is 6. The third kappa shape index (κ3) is 6.89. The highest BCUT2D eigenvalue weighted by atomic mass is 19.4. The maximum atomic E-state index is 13.2. The average Bonchev–Trinajstić information content (AvgIpc) is 2.88. The van der Waals surface area contributed by atoms with E-state index in [1.54, 1.807) is 0 Å². The lowest BCUT2D eigenvalue weighted by Crippen LogP contribution is -2.44. The first kappa shape index (κ1) is 28.4. The monoisotopic (exact) mass is 550 g/mol. The fraction of sp³-hybridized carbons (Fsp3) is 0.357. The van der Waals surface area contributed by atoms with E-state index in [2.05, 4.69) is 20.1 Å². The number of hydrogen-bond donors (Lipinski definition) is 1. The van der Waals surface area contributed by atoms with Crippen molar-refractivity contribution in [3.05, 3.63) is 82.5 Å². The molecule has 1 saturated heterocycles. The number of pyridine rings is 1. The number of rotatable bonds is 6. The van der Waals surface area contributed by atoms with E-state index in [1.807, 2.05) is 44.3 Å². The second-order valence-electron chi connectivity index (χ2n) is 9.61. The molecule has 2 aromatic carbocycles. The highest BCUT2D eigenvalue weighted by molar-refractivity contribution is 6.01. The zero-order chi connectivity index (χ0) is 28.4. The smallest absolute Gasteiger partial charge is 0.354 e. The van der Waals surface area contributed by atoms with Crippen molar-refractivity contribution in [3.8, 4) is 11.1 Å². The van der Waals surface area contributed by atoms with Gasteiger partial charge in [-0.15, -0.1) is 0 Å². The number of benzene rings is 2. The SMILES string of the molecule is Cc1ccccc1-c1cc(N2CCN(C)CC2)ncc1C(=O)NCCc1cc(C(F)(F)F)cc(C(F)(F)F)c1. The molecule has 11 heteroatoms. The lowest BCUT2D eigenvalue weighted by atomic mass is 9.96. The van der Waals surface area contributed by atoms with Crippen molar-refractivity contribution in [1.82, 2.24) is 15.2 Å². The van der Waals surface area contributed by atoms with Gasteiger partial charge in [-0.3, -0.25) is 4.79 Å². The van der Waals surface area contributed by atoms with Crippen LogP contribution in [0.3, 0.4) is 0 Å². The van der Waals surface area contributed by atoms with E-state index in [0.29, 0.717) is 17.7 Å². The first-order valence-corrected chi connectivity index (χ1v) is 12.4. The largest absolute Gasteiger partial charge is 0.416 e. The second-order valence-corrected chi connectivity index (χ2v) is 9.61. The minimum Gasteiger partial charge on any atom is -0.354 e. The highest BCUT2D eigenvalue weighted by Crippen LogP contribution is 2.36. The van der Waals surface area contributed by atoms with Crippen LogP contribution in [-0.4, -0.2) is 55.6 Å². The van der Waals surface area contributed by atoms with Crippen molar-refractivity contribution in [2.24, 2.45) is 0 Å². The van der Waals surface area contributed by atoms with Gasteiger partial charge in [0, 0.05) is 38.9 Å². The Morgan fingerprint density at radius 1 is 0.897 bits per heavy atom. The molecule has 1 aliphatic heterocycles. The number of carbonyl (C=O) groups is 1. The molecule has 208 valence electrons. The van der Waals surface area contributed by atoms with Crippen LogP contribution in [0.15, 0.2) is 54.7 Å². The van der Waals surface area contributed by atoms with Crippen molar-refractivity contribution in [1.29, 1.82) is 0 Å². The molecule has 39 heavy (non-hydrogen) atoms. The van der Waals surface area contributed by atoms with Gasteiger partial charge in [0.1, 0.15) is 5.82 Å². The normalized spacial score (nSPS) is 14.9. The Balaban J connectivity index is 1.57. The van der Waals surface area contributed by atoms with Crippen LogP contribution >= 0.6 is 0 Å². The molecule has 3 aromatic rings. The Labute approximate surface area is 222 Å². The maximum Gasteiger partial charge on any atom is 0.416 e. The zero-order valence-corrected chi connectivity index (χ0v) is 21.5. The standard InChI is InChI=1S/C28H28F6N4O/c1-18-5-3-4-6-22(18)23-16-25(38-11-9-37(2)10-12-38)36-17-24(23)26(39)35-8-7-19-13-20(27(29,30)31)15-21(14-19)28(32,33)34/h3-6,13-17H,7-12H2,1-2H3,(H,35,39). The fourth-order valence-electron chi connectivity index (χ4n) is 4.51. The van der Waals surface area contributed by atoms with Gasteiger partial charge in [0.15, 0.2) is 0 Å². The molecule has 1 aliphatic rings. The number of aryl methyl sites for hydroxylation is 1. The molecule has 0 spiro atoms. The molecule has 0 aliphatic carbocycles. The van der Waals surface area contributed by atoms with Crippen molar-refractivity contribution in [2.45, 2.75) is 25.7 Å². The molecule has 0 bridgehead atoms. The van der Waals surface area contributed by atoms with Crippen LogP contribution in [0.25, 0.3) is 11.1 Å². The van der Waals surface area contributed by atoms with Crippen LogP contribution in [-0.2, 0) is 18.8 Å². The van der Waals surface area contributed by atoms with Gasteiger partial charge in [-0.25, -0.2) is 4.98 Å². The number of halogens is 6. The summed E-state index contributed by atoms with van der Waals surface area (Å²) in [5.74, 6) is 0.204. The number of piperazine rings is 1. The Morgan fingerprint density at radius 3 is 2.10 bits per heavy atom. The van der Waals surface area contributed by atoms with Crippen molar-refractivity contribution in [2.75, 3.05) is 44.7 Å². The number of aromatic nitrogens is 1. The lowest BCUT2D eigenvalue weighted by Gasteiger charge is -2.33. The number of anilines is 1. The summed E-state index contributed by atoms with van der Waals surface area (Å²) in [7, 11) is 2.04. The van der Waals surface area contributed by atoms with E-state index in [-0.39, 0.29) is 30.2 Å². The van der Waals surface area contributed by atoms with Gasteiger partial charge >= 0.3 is 12.4 Å². The third-order valence-corrected chi connectivity index (χ3v) is 6.74. The van der Waals surface area contributed by atoms with Crippen molar-refractivity contribution >= 4 is 11.7 Å². The maximum absolute atomic E-state index is 13.2. The quantitative estimate of drug-likeness (QED) is 0.393. The molecule has 2 heterocycles. The summed E-state index contributed by atoms with van der Waals surface area (Å²) in [5.41, 5.74) is -0.275. The zero-order valence-electron chi connectivity index (χ0n) is 21.5. The summed E-state index contributed by atoms with van der Waals surface area (Å²) in [6.45, 7) is 5.05. The topological polar surface area (TPSA) is 48.5 Å². The number of hydrogen-bond acceptors (Lipinski definition) is 4. The predicted octanol–water partition coefficient (Wildman–Crippen LogP) is 5.82.